The molecule has 2 aromatic heterocycles. The molecule has 6 nitrogen and oxygen atoms in total. The third kappa shape index (κ3) is 3.62. The average molecular weight is 301 g/mol. The molecule has 2 aromatic rings. The summed E-state index contributed by atoms with van der Waals surface area (Å²) in [5, 5.41) is 8.41. The van der Waals surface area contributed by atoms with Crippen LogP contribution in [0, 0.1) is 0 Å². The molecule has 1 fully saturated rings. The van der Waals surface area contributed by atoms with Gasteiger partial charge in [0.2, 0.25) is 5.89 Å². The van der Waals surface area contributed by atoms with Crippen molar-refractivity contribution in [3.8, 4) is 0 Å². The summed E-state index contributed by atoms with van der Waals surface area (Å²) < 4.78 is 7.30. The van der Waals surface area contributed by atoms with Gasteiger partial charge in [0.25, 0.3) is 0 Å². The van der Waals surface area contributed by atoms with Gasteiger partial charge in [-0.25, -0.2) is 0 Å². The molecule has 0 amide bonds. The molecule has 3 rings (SSSR count). The lowest BCUT2D eigenvalue weighted by Crippen LogP contribution is -2.17. The Morgan fingerprint density at radius 3 is 3.00 bits per heavy atom. The maximum atomic E-state index is 5.42. The van der Waals surface area contributed by atoms with Crippen molar-refractivity contribution in [1.29, 1.82) is 0 Å². The molecule has 118 valence electrons. The smallest absolute Gasteiger partial charge is 0.229 e. The van der Waals surface area contributed by atoms with Gasteiger partial charge in [-0.2, -0.15) is 10.1 Å². The highest BCUT2D eigenvalue weighted by molar-refractivity contribution is 5.04. The Hall–Kier alpha value is -1.95. The lowest BCUT2D eigenvalue weighted by Gasteiger charge is -2.12. The van der Waals surface area contributed by atoms with Gasteiger partial charge in [0.1, 0.15) is 0 Å². The van der Waals surface area contributed by atoms with Crippen molar-refractivity contribution in [1.82, 2.24) is 24.8 Å². The fraction of sp³-hybridized carbons (Fsp3) is 0.562. The van der Waals surface area contributed by atoms with Crippen LogP contribution in [-0.2, 0) is 19.6 Å². The number of hydrogen-bond donors (Lipinski definition) is 0. The molecule has 1 aliphatic carbocycles. The lowest BCUT2D eigenvalue weighted by atomic mass is 10.1. The van der Waals surface area contributed by atoms with Crippen molar-refractivity contribution in [3.05, 3.63) is 42.3 Å². The van der Waals surface area contributed by atoms with E-state index in [9.17, 15) is 0 Å². The highest BCUT2D eigenvalue weighted by atomic mass is 16.5. The van der Waals surface area contributed by atoms with Crippen LogP contribution in [0.1, 0.15) is 48.9 Å². The number of nitrogens with zero attached hydrogens (tertiary/aromatic N) is 5. The summed E-state index contributed by atoms with van der Waals surface area (Å²) in [6.45, 7) is 5.95. The standard InChI is InChI=1S/C16H23N5O/c1-3-8-21-11-13(9-17-21)10-20(2)12-15-18-16(22-19-15)14-6-4-5-7-14/h3,9,11,14H,1,4-8,10,12H2,2H3. The maximum Gasteiger partial charge on any atom is 0.229 e. The molecule has 0 spiro atoms. The lowest BCUT2D eigenvalue weighted by molar-refractivity contribution is 0.297. The van der Waals surface area contributed by atoms with Gasteiger partial charge >= 0.3 is 0 Å². The van der Waals surface area contributed by atoms with Crippen LogP contribution in [0.4, 0.5) is 0 Å². The summed E-state index contributed by atoms with van der Waals surface area (Å²) in [5.41, 5.74) is 1.17. The summed E-state index contributed by atoms with van der Waals surface area (Å²) in [5.74, 6) is 2.06. The SMILES string of the molecule is C=CCn1cc(CN(C)Cc2noc(C3CCCC3)n2)cn1. The zero-order valence-corrected chi connectivity index (χ0v) is 13.1. The first-order valence-electron chi connectivity index (χ1n) is 7.88. The van der Waals surface area contributed by atoms with Crippen LogP contribution < -0.4 is 0 Å². The molecular formula is C16H23N5O. The zero-order valence-electron chi connectivity index (χ0n) is 13.1. The maximum absolute atomic E-state index is 5.42. The van der Waals surface area contributed by atoms with E-state index in [1.165, 1.54) is 31.2 Å². The molecule has 0 N–H and O–H groups in total. The molecule has 0 aromatic carbocycles. The van der Waals surface area contributed by atoms with Gasteiger partial charge in [-0.15, -0.1) is 6.58 Å². The van der Waals surface area contributed by atoms with Crippen LogP contribution in [0.15, 0.2) is 29.6 Å². The van der Waals surface area contributed by atoms with Crippen molar-refractivity contribution in [2.24, 2.45) is 0 Å². The van der Waals surface area contributed by atoms with Gasteiger partial charge in [0.15, 0.2) is 5.82 Å². The first kappa shape index (κ1) is 15.0. The Labute approximate surface area is 130 Å². The van der Waals surface area contributed by atoms with Gasteiger partial charge in [0.05, 0.1) is 19.3 Å². The molecule has 6 heteroatoms. The van der Waals surface area contributed by atoms with E-state index in [1.807, 2.05) is 23.2 Å². The third-order valence-electron chi connectivity index (χ3n) is 4.05. The van der Waals surface area contributed by atoms with E-state index in [-0.39, 0.29) is 0 Å². The predicted molar refractivity (Wildman–Crippen MR) is 83.1 cm³/mol. The molecular weight excluding hydrogens is 278 g/mol. The van der Waals surface area contributed by atoms with Gasteiger partial charge in [-0.1, -0.05) is 24.1 Å². The monoisotopic (exact) mass is 301 g/mol. The first-order valence-corrected chi connectivity index (χ1v) is 7.88. The van der Waals surface area contributed by atoms with Crippen molar-refractivity contribution in [2.45, 2.75) is 51.2 Å². The minimum Gasteiger partial charge on any atom is -0.339 e. The third-order valence-corrected chi connectivity index (χ3v) is 4.05. The quantitative estimate of drug-likeness (QED) is 0.736. The normalized spacial score (nSPS) is 15.7. The van der Waals surface area contributed by atoms with Crippen LogP contribution in [-0.4, -0.2) is 31.9 Å². The second-order valence-electron chi connectivity index (χ2n) is 6.06. The van der Waals surface area contributed by atoms with Gasteiger partial charge in [0, 0.05) is 24.2 Å². The largest absolute Gasteiger partial charge is 0.339 e. The van der Waals surface area contributed by atoms with E-state index in [0.717, 1.165) is 24.8 Å². The molecule has 22 heavy (non-hydrogen) atoms. The second kappa shape index (κ2) is 6.87. The van der Waals surface area contributed by atoms with Crippen molar-refractivity contribution in [3.63, 3.8) is 0 Å². The number of allylic oxidation sites excluding steroid dienone is 1. The molecule has 1 saturated carbocycles. The molecule has 0 bridgehead atoms. The molecule has 1 aliphatic rings. The van der Waals surface area contributed by atoms with E-state index >= 15 is 0 Å². The van der Waals surface area contributed by atoms with Gasteiger partial charge in [-0.05, 0) is 19.9 Å². The van der Waals surface area contributed by atoms with Gasteiger partial charge in [-0.3, -0.25) is 9.58 Å². The summed E-state index contributed by atoms with van der Waals surface area (Å²) in [6.07, 6.45) is 10.7. The van der Waals surface area contributed by atoms with E-state index in [0.29, 0.717) is 12.5 Å². The zero-order chi connectivity index (χ0) is 15.4. The van der Waals surface area contributed by atoms with E-state index in [1.54, 1.807) is 0 Å². The van der Waals surface area contributed by atoms with Crippen LogP contribution in [0.3, 0.4) is 0 Å². The minimum absolute atomic E-state index is 0.476. The number of aromatic nitrogens is 4. The second-order valence-corrected chi connectivity index (χ2v) is 6.06. The van der Waals surface area contributed by atoms with Crippen LogP contribution in [0.25, 0.3) is 0 Å². The fourth-order valence-corrected chi connectivity index (χ4v) is 3.00. The Morgan fingerprint density at radius 2 is 2.23 bits per heavy atom. The predicted octanol–water partition coefficient (Wildman–Crippen LogP) is 2.74. The summed E-state index contributed by atoms with van der Waals surface area (Å²) in [7, 11) is 2.05. The topological polar surface area (TPSA) is 60.0 Å². The highest BCUT2D eigenvalue weighted by Gasteiger charge is 2.23. The molecule has 0 aliphatic heterocycles. The fourth-order valence-electron chi connectivity index (χ4n) is 3.00. The highest BCUT2D eigenvalue weighted by Crippen LogP contribution is 2.32. The molecule has 2 heterocycles. The van der Waals surface area contributed by atoms with Crippen LogP contribution in [0.2, 0.25) is 0 Å². The van der Waals surface area contributed by atoms with E-state index < -0.39 is 0 Å². The Balaban J connectivity index is 1.54. The van der Waals surface area contributed by atoms with Crippen molar-refractivity contribution < 1.29 is 4.52 Å². The molecule has 0 saturated heterocycles. The Morgan fingerprint density at radius 1 is 1.41 bits per heavy atom. The van der Waals surface area contributed by atoms with Crippen molar-refractivity contribution in [2.75, 3.05) is 7.05 Å². The summed E-state index contributed by atoms with van der Waals surface area (Å²) in [4.78, 5) is 6.72. The molecule has 0 atom stereocenters. The number of rotatable bonds is 7. The minimum atomic E-state index is 0.476. The molecule has 0 radical (unpaired) electrons. The Kier molecular flexibility index (Phi) is 4.68. The number of hydrogen-bond acceptors (Lipinski definition) is 5. The van der Waals surface area contributed by atoms with Crippen LogP contribution in [0.5, 0.6) is 0 Å². The van der Waals surface area contributed by atoms with Crippen LogP contribution >= 0.6 is 0 Å². The molecule has 0 unspecified atom stereocenters. The summed E-state index contributed by atoms with van der Waals surface area (Å²) >= 11 is 0. The average Bonchev–Trinajstić information content (AvgIpc) is 3.20. The van der Waals surface area contributed by atoms with Gasteiger partial charge < -0.3 is 4.52 Å². The first-order chi connectivity index (χ1) is 10.7. The van der Waals surface area contributed by atoms with E-state index in [2.05, 4.69) is 33.8 Å². The summed E-state index contributed by atoms with van der Waals surface area (Å²) in [6, 6.07) is 0. The van der Waals surface area contributed by atoms with Crippen molar-refractivity contribution >= 4 is 0 Å². The Bertz CT molecular complexity index is 612. The van der Waals surface area contributed by atoms with E-state index in [4.69, 9.17) is 4.52 Å².